The number of halogens is 4. The summed E-state index contributed by atoms with van der Waals surface area (Å²) >= 11 is 6.14. The number of ether oxygens (including phenoxy) is 1. The molecule has 0 saturated heterocycles. The molecule has 152 valence electrons. The van der Waals surface area contributed by atoms with Gasteiger partial charge in [-0.25, -0.2) is 0 Å². The monoisotopic (exact) mass is 428 g/mol. The fraction of sp³-hybridized carbons (Fsp3) is 0.588. The summed E-state index contributed by atoms with van der Waals surface area (Å²) < 4.78 is 68.3. The molecule has 0 aliphatic heterocycles. The van der Waals surface area contributed by atoms with Crippen LogP contribution >= 0.6 is 11.6 Å². The summed E-state index contributed by atoms with van der Waals surface area (Å²) in [6.45, 7) is 2.10. The van der Waals surface area contributed by atoms with Crippen molar-refractivity contribution in [3.05, 3.63) is 28.8 Å². The summed E-state index contributed by atoms with van der Waals surface area (Å²) in [5.74, 6) is -0.383. The van der Waals surface area contributed by atoms with Crippen LogP contribution in [0.3, 0.4) is 0 Å². The maximum absolute atomic E-state index is 12.4. The molecule has 5 nitrogen and oxygen atoms in total. The lowest BCUT2D eigenvalue weighted by Crippen LogP contribution is -2.28. The van der Waals surface area contributed by atoms with Gasteiger partial charge in [0, 0.05) is 17.5 Å². The second-order valence-corrected chi connectivity index (χ2v) is 8.34. The van der Waals surface area contributed by atoms with Crippen molar-refractivity contribution in [3.63, 3.8) is 0 Å². The minimum atomic E-state index is -5.73. The number of benzene rings is 1. The van der Waals surface area contributed by atoms with Crippen molar-refractivity contribution in [1.82, 2.24) is 0 Å². The van der Waals surface area contributed by atoms with Crippen molar-refractivity contribution in [2.24, 2.45) is 5.92 Å². The zero-order valence-corrected chi connectivity index (χ0v) is 16.2. The molecule has 0 spiro atoms. The minimum Gasteiger partial charge on any atom is -0.466 e. The van der Waals surface area contributed by atoms with Crippen LogP contribution < -0.4 is 4.18 Å². The Morgan fingerprint density at radius 3 is 2.37 bits per heavy atom. The van der Waals surface area contributed by atoms with Crippen molar-refractivity contribution < 1.29 is 35.3 Å². The van der Waals surface area contributed by atoms with Crippen molar-refractivity contribution in [1.29, 1.82) is 0 Å². The van der Waals surface area contributed by atoms with E-state index in [1.54, 1.807) is 6.92 Å². The molecule has 0 N–H and O–H groups in total. The third-order valence-electron chi connectivity index (χ3n) is 4.51. The standard InChI is InChI=1S/C17H20ClF3O5S/c1-2-25-16(22)9-11-3-5-12(6-4-11)14-8-7-13(10-15(14)18)26-27(23,24)17(19,20)21/h7-8,10-12H,2-6,9H2,1H3. The van der Waals surface area contributed by atoms with E-state index in [0.717, 1.165) is 43.4 Å². The second-order valence-electron chi connectivity index (χ2n) is 6.39. The topological polar surface area (TPSA) is 69.7 Å². The lowest BCUT2D eigenvalue weighted by Gasteiger charge is -2.29. The van der Waals surface area contributed by atoms with Crippen molar-refractivity contribution in [2.45, 2.75) is 50.5 Å². The molecule has 1 saturated carbocycles. The van der Waals surface area contributed by atoms with E-state index in [0.29, 0.717) is 13.0 Å². The van der Waals surface area contributed by atoms with Gasteiger partial charge in [0.15, 0.2) is 0 Å². The SMILES string of the molecule is CCOC(=O)CC1CCC(c2ccc(OS(=O)(=O)C(F)(F)F)cc2Cl)CC1. The van der Waals surface area contributed by atoms with Crippen molar-refractivity contribution >= 4 is 27.7 Å². The zero-order chi connectivity index (χ0) is 20.2. The maximum Gasteiger partial charge on any atom is 0.534 e. The van der Waals surface area contributed by atoms with Gasteiger partial charge < -0.3 is 8.92 Å². The van der Waals surface area contributed by atoms with Crippen LogP contribution in [0.1, 0.15) is 50.5 Å². The Morgan fingerprint density at radius 2 is 1.85 bits per heavy atom. The van der Waals surface area contributed by atoms with Crippen molar-refractivity contribution in [2.75, 3.05) is 6.61 Å². The zero-order valence-electron chi connectivity index (χ0n) is 14.6. The van der Waals surface area contributed by atoms with E-state index in [4.69, 9.17) is 16.3 Å². The summed E-state index contributed by atoms with van der Waals surface area (Å²) in [7, 11) is -5.73. The first-order valence-electron chi connectivity index (χ1n) is 8.49. The average molecular weight is 429 g/mol. The van der Waals surface area contributed by atoms with Gasteiger partial charge in [0.1, 0.15) is 5.75 Å². The summed E-state index contributed by atoms with van der Waals surface area (Å²) in [6, 6.07) is 3.72. The summed E-state index contributed by atoms with van der Waals surface area (Å²) in [6.07, 6.45) is 3.52. The van der Waals surface area contributed by atoms with Crippen LogP contribution in [0, 0.1) is 5.92 Å². The average Bonchev–Trinajstić information content (AvgIpc) is 2.55. The van der Waals surface area contributed by atoms with Gasteiger partial charge in [-0.2, -0.15) is 21.6 Å². The van der Waals surface area contributed by atoms with Crippen LogP contribution in [-0.2, 0) is 19.6 Å². The highest BCUT2D eigenvalue weighted by atomic mass is 35.5. The number of hydrogen-bond acceptors (Lipinski definition) is 5. The third-order valence-corrected chi connectivity index (χ3v) is 5.81. The van der Waals surface area contributed by atoms with E-state index in [1.807, 2.05) is 0 Å². The molecule has 2 rings (SSSR count). The van der Waals surface area contributed by atoms with Gasteiger partial charge >= 0.3 is 21.6 Å². The molecule has 1 aliphatic carbocycles. The molecule has 27 heavy (non-hydrogen) atoms. The second kappa shape index (κ2) is 8.68. The molecule has 1 aromatic carbocycles. The van der Waals surface area contributed by atoms with Gasteiger partial charge in [-0.05, 0) is 56.1 Å². The number of carbonyl (C=O) groups is 1. The first-order valence-corrected chi connectivity index (χ1v) is 10.3. The number of carbonyl (C=O) groups excluding carboxylic acids is 1. The van der Waals surface area contributed by atoms with Crippen molar-refractivity contribution in [3.8, 4) is 5.75 Å². The lowest BCUT2D eigenvalue weighted by molar-refractivity contribution is -0.144. The molecular weight excluding hydrogens is 409 g/mol. The van der Waals surface area contributed by atoms with Crippen LogP contribution in [0.5, 0.6) is 5.75 Å². The highest BCUT2D eigenvalue weighted by Crippen LogP contribution is 2.41. The Kier molecular flexibility index (Phi) is 7.02. The third kappa shape index (κ3) is 5.75. The Morgan fingerprint density at radius 1 is 1.22 bits per heavy atom. The Labute approximate surface area is 160 Å². The van der Waals surface area contributed by atoms with Gasteiger partial charge in [0.2, 0.25) is 0 Å². The van der Waals surface area contributed by atoms with Gasteiger partial charge in [0.05, 0.1) is 6.61 Å². The molecule has 1 aromatic rings. The maximum atomic E-state index is 12.4. The number of hydrogen-bond donors (Lipinski definition) is 0. The van der Waals surface area contributed by atoms with E-state index < -0.39 is 21.4 Å². The van der Waals surface area contributed by atoms with Crippen LogP contribution in [0.15, 0.2) is 18.2 Å². The number of alkyl halides is 3. The van der Waals surface area contributed by atoms with Crippen LogP contribution in [0.25, 0.3) is 0 Å². The molecule has 1 fully saturated rings. The van der Waals surface area contributed by atoms with E-state index >= 15 is 0 Å². The van der Waals surface area contributed by atoms with E-state index in [1.165, 1.54) is 6.07 Å². The van der Waals surface area contributed by atoms with Crippen LogP contribution in [0.2, 0.25) is 5.02 Å². The quantitative estimate of drug-likeness (QED) is 0.370. The van der Waals surface area contributed by atoms with Gasteiger partial charge in [-0.1, -0.05) is 17.7 Å². The Bertz CT molecular complexity index is 771. The molecule has 10 heteroatoms. The predicted molar refractivity (Wildman–Crippen MR) is 93.0 cm³/mol. The fourth-order valence-corrected chi connectivity index (χ4v) is 3.97. The summed E-state index contributed by atoms with van der Waals surface area (Å²) in [5, 5.41) is 0.152. The smallest absolute Gasteiger partial charge is 0.466 e. The van der Waals surface area contributed by atoms with Gasteiger partial charge in [-0.3, -0.25) is 4.79 Å². The number of esters is 1. The highest BCUT2D eigenvalue weighted by Gasteiger charge is 2.48. The predicted octanol–water partition coefficient (Wildman–Crippen LogP) is 4.80. The molecule has 1 aliphatic rings. The molecule has 0 bridgehead atoms. The van der Waals surface area contributed by atoms with Gasteiger partial charge in [0.25, 0.3) is 0 Å². The van der Waals surface area contributed by atoms with Gasteiger partial charge in [-0.15, -0.1) is 0 Å². The lowest BCUT2D eigenvalue weighted by atomic mass is 9.77. The van der Waals surface area contributed by atoms with E-state index in [-0.39, 0.29) is 22.8 Å². The fourth-order valence-electron chi connectivity index (χ4n) is 3.20. The molecule has 0 aromatic heterocycles. The molecular formula is C17H20ClF3O5S. The molecule has 0 radical (unpaired) electrons. The Hall–Kier alpha value is -1.48. The summed E-state index contributed by atoms with van der Waals surface area (Å²) in [5.41, 5.74) is -4.78. The van der Waals surface area contributed by atoms with E-state index in [9.17, 15) is 26.4 Å². The normalized spacial score (nSPS) is 20.9. The van der Waals surface area contributed by atoms with E-state index in [2.05, 4.69) is 4.18 Å². The largest absolute Gasteiger partial charge is 0.534 e. The molecule has 0 unspecified atom stereocenters. The minimum absolute atomic E-state index is 0.0872. The molecule has 0 heterocycles. The first-order chi connectivity index (χ1) is 12.5. The van der Waals surface area contributed by atoms with Crippen LogP contribution in [0.4, 0.5) is 13.2 Å². The molecule has 0 atom stereocenters. The summed E-state index contributed by atoms with van der Waals surface area (Å²) in [4.78, 5) is 11.6. The molecule has 0 amide bonds. The number of rotatable bonds is 6. The first kappa shape index (κ1) is 21.8. The van der Waals surface area contributed by atoms with Crippen LogP contribution in [-0.4, -0.2) is 26.5 Å². The Balaban J connectivity index is 2.00. The highest BCUT2D eigenvalue weighted by molar-refractivity contribution is 7.88.